The summed E-state index contributed by atoms with van der Waals surface area (Å²) in [5, 5.41) is 0. The molecule has 0 aromatic carbocycles. The second kappa shape index (κ2) is 4.33. The molecule has 82 valence electrons. The van der Waals surface area contributed by atoms with Crippen molar-refractivity contribution in [1.29, 1.82) is 0 Å². The molecule has 1 aliphatic heterocycles. The molecule has 2 fully saturated rings. The third kappa shape index (κ3) is 2.21. The maximum Gasteiger partial charge on any atom is 0.169 e. The largest absolute Gasteiger partial charge is 0.348 e. The molecule has 0 unspecified atom stereocenters. The molecule has 1 saturated carbocycles. The highest BCUT2D eigenvalue weighted by molar-refractivity contribution is 5.32. The molecule has 0 bridgehead atoms. The van der Waals surface area contributed by atoms with Crippen molar-refractivity contribution in [3.8, 4) is 0 Å². The first-order valence-electron chi connectivity index (χ1n) is 5.53. The first kappa shape index (κ1) is 10.7. The molecule has 2 heteroatoms. The predicted molar refractivity (Wildman–Crippen MR) is 60.5 cm³/mol. The molecule has 2 rings (SSSR count). The van der Waals surface area contributed by atoms with Crippen molar-refractivity contribution in [2.45, 2.75) is 31.5 Å². The van der Waals surface area contributed by atoms with Crippen LogP contribution < -0.4 is 0 Å². The molecule has 0 atom stereocenters. The van der Waals surface area contributed by atoms with E-state index in [0.29, 0.717) is 0 Å². The minimum atomic E-state index is -0.320. The normalized spacial score (nSPS) is 28.3. The van der Waals surface area contributed by atoms with E-state index in [0.717, 1.165) is 38.9 Å². The van der Waals surface area contributed by atoms with Crippen LogP contribution in [0.25, 0.3) is 0 Å². The average molecular weight is 206 g/mol. The lowest BCUT2D eigenvalue weighted by molar-refractivity contribution is -0.164. The summed E-state index contributed by atoms with van der Waals surface area (Å²) in [6, 6.07) is 0. The van der Waals surface area contributed by atoms with E-state index in [2.05, 4.69) is 19.2 Å². The zero-order valence-corrected chi connectivity index (χ0v) is 9.13. The summed E-state index contributed by atoms with van der Waals surface area (Å²) >= 11 is 0. The highest BCUT2D eigenvalue weighted by Gasteiger charge is 2.37. The van der Waals surface area contributed by atoms with Gasteiger partial charge in [-0.15, -0.1) is 0 Å². The molecule has 0 aromatic rings. The van der Waals surface area contributed by atoms with Gasteiger partial charge in [0.1, 0.15) is 0 Å². The van der Waals surface area contributed by atoms with Gasteiger partial charge < -0.3 is 9.47 Å². The van der Waals surface area contributed by atoms with E-state index in [1.54, 1.807) is 0 Å². The van der Waals surface area contributed by atoms with E-state index in [9.17, 15) is 0 Å². The lowest BCUT2D eigenvalue weighted by atomic mass is 10.0. The SMILES string of the molecule is C=C/C=C1/CCC2(CCC1=C)OCCO2. The lowest BCUT2D eigenvalue weighted by Crippen LogP contribution is -2.28. The summed E-state index contributed by atoms with van der Waals surface area (Å²) in [6.45, 7) is 9.29. The maximum absolute atomic E-state index is 5.72. The fourth-order valence-corrected chi connectivity index (χ4v) is 2.26. The molecular formula is C13H18O2. The average Bonchev–Trinajstić information content (AvgIpc) is 2.64. The molecule has 0 N–H and O–H groups in total. The Morgan fingerprint density at radius 2 is 1.80 bits per heavy atom. The Kier molecular flexibility index (Phi) is 3.08. The third-order valence-electron chi connectivity index (χ3n) is 3.17. The fourth-order valence-electron chi connectivity index (χ4n) is 2.26. The van der Waals surface area contributed by atoms with Crippen molar-refractivity contribution >= 4 is 0 Å². The molecule has 15 heavy (non-hydrogen) atoms. The topological polar surface area (TPSA) is 18.5 Å². The minimum Gasteiger partial charge on any atom is -0.348 e. The minimum absolute atomic E-state index is 0.320. The second-order valence-corrected chi connectivity index (χ2v) is 4.14. The van der Waals surface area contributed by atoms with Crippen molar-refractivity contribution in [3.63, 3.8) is 0 Å². The van der Waals surface area contributed by atoms with Gasteiger partial charge in [-0.1, -0.05) is 30.9 Å². The molecule has 1 heterocycles. The van der Waals surface area contributed by atoms with Gasteiger partial charge in [-0.05, 0) is 18.4 Å². The van der Waals surface area contributed by atoms with Crippen LogP contribution in [0.5, 0.6) is 0 Å². The first-order valence-corrected chi connectivity index (χ1v) is 5.53. The molecule has 1 spiro atoms. The Balaban J connectivity index is 2.11. The van der Waals surface area contributed by atoms with Crippen molar-refractivity contribution < 1.29 is 9.47 Å². The van der Waals surface area contributed by atoms with Gasteiger partial charge in [-0.3, -0.25) is 0 Å². The summed E-state index contributed by atoms with van der Waals surface area (Å²) in [5.41, 5.74) is 2.49. The fraction of sp³-hybridized carbons (Fsp3) is 0.538. The number of allylic oxidation sites excluding steroid dienone is 4. The standard InChI is InChI=1S/C13H18O2/c1-3-4-12-6-8-13(7-5-11(12)2)14-9-10-15-13/h3-4H,1-2,5-10H2/b12-4-. The van der Waals surface area contributed by atoms with Crippen LogP contribution in [0.3, 0.4) is 0 Å². The van der Waals surface area contributed by atoms with E-state index in [-0.39, 0.29) is 5.79 Å². The second-order valence-electron chi connectivity index (χ2n) is 4.14. The predicted octanol–water partition coefficient (Wildman–Crippen LogP) is 2.97. The van der Waals surface area contributed by atoms with Crippen LogP contribution in [-0.2, 0) is 9.47 Å². The Bertz CT molecular complexity index is 296. The Labute approximate surface area is 91.3 Å². The van der Waals surface area contributed by atoms with Gasteiger partial charge >= 0.3 is 0 Å². The van der Waals surface area contributed by atoms with Crippen LogP contribution in [0.4, 0.5) is 0 Å². The van der Waals surface area contributed by atoms with Crippen LogP contribution in [0.2, 0.25) is 0 Å². The van der Waals surface area contributed by atoms with Gasteiger partial charge in [-0.2, -0.15) is 0 Å². The van der Waals surface area contributed by atoms with Gasteiger partial charge in [-0.25, -0.2) is 0 Å². The Morgan fingerprint density at radius 3 is 2.47 bits per heavy atom. The molecule has 0 aromatic heterocycles. The van der Waals surface area contributed by atoms with Gasteiger partial charge in [0.25, 0.3) is 0 Å². The molecule has 2 aliphatic rings. The van der Waals surface area contributed by atoms with Crippen LogP contribution in [0.1, 0.15) is 25.7 Å². The molecule has 1 aliphatic carbocycles. The zero-order chi connectivity index (χ0) is 10.7. The summed E-state index contributed by atoms with van der Waals surface area (Å²) < 4.78 is 11.4. The quantitative estimate of drug-likeness (QED) is 0.656. The van der Waals surface area contributed by atoms with Crippen molar-refractivity contribution in [1.82, 2.24) is 0 Å². The molecule has 2 nitrogen and oxygen atoms in total. The summed E-state index contributed by atoms with van der Waals surface area (Å²) in [4.78, 5) is 0. The summed E-state index contributed by atoms with van der Waals surface area (Å²) in [5.74, 6) is -0.320. The maximum atomic E-state index is 5.72. The van der Waals surface area contributed by atoms with E-state index in [1.807, 2.05) is 6.08 Å². The Hall–Kier alpha value is -0.860. The van der Waals surface area contributed by atoms with Gasteiger partial charge in [0, 0.05) is 12.8 Å². The van der Waals surface area contributed by atoms with Crippen molar-refractivity contribution in [2.75, 3.05) is 13.2 Å². The monoisotopic (exact) mass is 206 g/mol. The molecule has 0 amide bonds. The number of rotatable bonds is 1. The Morgan fingerprint density at radius 1 is 1.13 bits per heavy atom. The van der Waals surface area contributed by atoms with E-state index >= 15 is 0 Å². The number of hydrogen-bond donors (Lipinski definition) is 0. The van der Waals surface area contributed by atoms with Crippen molar-refractivity contribution in [2.24, 2.45) is 0 Å². The number of hydrogen-bond acceptors (Lipinski definition) is 2. The third-order valence-corrected chi connectivity index (χ3v) is 3.17. The molecular weight excluding hydrogens is 188 g/mol. The van der Waals surface area contributed by atoms with Crippen LogP contribution in [0.15, 0.2) is 36.5 Å². The van der Waals surface area contributed by atoms with Gasteiger partial charge in [0.05, 0.1) is 13.2 Å². The summed E-state index contributed by atoms with van der Waals surface area (Å²) in [7, 11) is 0. The van der Waals surface area contributed by atoms with Gasteiger partial charge in [0.15, 0.2) is 5.79 Å². The molecule has 1 saturated heterocycles. The first-order chi connectivity index (χ1) is 7.26. The van der Waals surface area contributed by atoms with Crippen LogP contribution >= 0.6 is 0 Å². The summed E-state index contributed by atoms with van der Waals surface area (Å²) in [6.07, 6.45) is 7.68. The smallest absolute Gasteiger partial charge is 0.169 e. The zero-order valence-electron chi connectivity index (χ0n) is 9.13. The molecule has 0 radical (unpaired) electrons. The number of ether oxygens (including phenoxy) is 2. The highest BCUT2D eigenvalue weighted by atomic mass is 16.7. The van der Waals surface area contributed by atoms with Crippen molar-refractivity contribution in [3.05, 3.63) is 36.5 Å². The van der Waals surface area contributed by atoms with E-state index in [4.69, 9.17) is 9.47 Å². The highest BCUT2D eigenvalue weighted by Crippen LogP contribution is 2.38. The van der Waals surface area contributed by atoms with Crippen LogP contribution in [-0.4, -0.2) is 19.0 Å². The van der Waals surface area contributed by atoms with E-state index < -0.39 is 0 Å². The van der Waals surface area contributed by atoms with E-state index in [1.165, 1.54) is 11.1 Å². The lowest BCUT2D eigenvalue weighted by Gasteiger charge is -2.24. The van der Waals surface area contributed by atoms with Crippen LogP contribution in [0, 0.1) is 0 Å². The van der Waals surface area contributed by atoms with Gasteiger partial charge in [0.2, 0.25) is 0 Å².